The third kappa shape index (κ3) is 6.72. The Hall–Kier alpha value is -1.18. The van der Waals surface area contributed by atoms with E-state index in [2.05, 4.69) is 9.72 Å². The van der Waals surface area contributed by atoms with E-state index in [4.69, 9.17) is 5.73 Å². The molecule has 0 aromatic carbocycles. The number of esters is 1. The second kappa shape index (κ2) is 10.5. The van der Waals surface area contributed by atoms with E-state index in [0.717, 1.165) is 5.01 Å². The Morgan fingerprint density at radius 2 is 2.14 bits per heavy atom. The second-order valence-electron chi connectivity index (χ2n) is 5.14. The van der Waals surface area contributed by atoms with Crippen LogP contribution in [0, 0.1) is 5.92 Å². The van der Waals surface area contributed by atoms with Crippen LogP contribution in [0.1, 0.15) is 35.8 Å². The topological polar surface area (TPSA) is 85.5 Å². The average molecular weight is 350 g/mol. The van der Waals surface area contributed by atoms with Gasteiger partial charge in [-0.15, -0.1) is 23.7 Å². The first-order valence-corrected chi connectivity index (χ1v) is 7.86. The summed E-state index contributed by atoms with van der Waals surface area (Å²) in [6, 6.07) is 0. The van der Waals surface area contributed by atoms with Crippen LogP contribution < -0.4 is 5.73 Å². The maximum Gasteiger partial charge on any atom is 0.307 e. The van der Waals surface area contributed by atoms with Crippen LogP contribution >= 0.6 is 23.7 Å². The minimum atomic E-state index is -0.321. The van der Waals surface area contributed by atoms with E-state index < -0.39 is 0 Å². The van der Waals surface area contributed by atoms with Crippen molar-refractivity contribution in [3.05, 3.63) is 16.1 Å². The summed E-state index contributed by atoms with van der Waals surface area (Å²) in [4.78, 5) is 29.7. The van der Waals surface area contributed by atoms with Gasteiger partial charge in [0, 0.05) is 24.9 Å². The van der Waals surface area contributed by atoms with Gasteiger partial charge in [0.25, 0.3) is 5.91 Å². The van der Waals surface area contributed by atoms with Crippen molar-refractivity contribution in [1.82, 2.24) is 9.88 Å². The number of nitrogens with zero attached hydrogens (tertiary/aromatic N) is 2. The predicted octanol–water partition coefficient (Wildman–Crippen LogP) is 1.73. The maximum absolute atomic E-state index is 12.5. The van der Waals surface area contributed by atoms with E-state index in [0.29, 0.717) is 37.7 Å². The monoisotopic (exact) mass is 349 g/mol. The van der Waals surface area contributed by atoms with E-state index in [1.165, 1.54) is 18.4 Å². The lowest BCUT2D eigenvalue weighted by Gasteiger charge is -2.23. The van der Waals surface area contributed by atoms with Crippen molar-refractivity contribution in [1.29, 1.82) is 0 Å². The van der Waals surface area contributed by atoms with Gasteiger partial charge in [-0.3, -0.25) is 9.59 Å². The lowest BCUT2D eigenvalue weighted by atomic mass is 10.2. The van der Waals surface area contributed by atoms with Gasteiger partial charge in [-0.25, -0.2) is 4.98 Å². The maximum atomic E-state index is 12.5. The molecule has 0 bridgehead atoms. The first-order chi connectivity index (χ1) is 9.97. The van der Waals surface area contributed by atoms with Gasteiger partial charge >= 0.3 is 5.97 Å². The number of ether oxygens (including phenoxy) is 1. The number of halogens is 1. The molecule has 0 spiro atoms. The molecule has 0 saturated carbocycles. The number of carbonyl (C=O) groups excluding carboxylic acids is 2. The molecule has 6 nitrogen and oxygen atoms in total. The summed E-state index contributed by atoms with van der Waals surface area (Å²) in [5, 5.41) is 2.61. The van der Waals surface area contributed by atoms with Gasteiger partial charge < -0.3 is 15.4 Å². The van der Waals surface area contributed by atoms with E-state index in [1.54, 1.807) is 10.3 Å². The van der Waals surface area contributed by atoms with Crippen LogP contribution in [0.4, 0.5) is 0 Å². The third-order valence-corrected chi connectivity index (χ3v) is 3.72. The highest BCUT2D eigenvalue weighted by Crippen LogP contribution is 2.13. The van der Waals surface area contributed by atoms with Gasteiger partial charge in [0.2, 0.25) is 0 Å². The number of rotatable bonds is 8. The fourth-order valence-electron chi connectivity index (χ4n) is 1.85. The molecule has 0 atom stereocenters. The number of thiazole rings is 1. The summed E-state index contributed by atoms with van der Waals surface area (Å²) in [5.74, 6) is -0.153. The van der Waals surface area contributed by atoms with Crippen molar-refractivity contribution in [3.8, 4) is 0 Å². The predicted molar refractivity (Wildman–Crippen MR) is 89.5 cm³/mol. The minimum Gasteiger partial charge on any atom is -0.469 e. The van der Waals surface area contributed by atoms with Gasteiger partial charge in [0.15, 0.2) is 0 Å². The molecule has 0 unspecified atom stereocenters. The zero-order valence-electron chi connectivity index (χ0n) is 13.2. The third-order valence-electron chi connectivity index (χ3n) is 2.82. The molecule has 1 aromatic rings. The molecule has 0 radical (unpaired) electrons. The summed E-state index contributed by atoms with van der Waals surface area (Å²) in [5.41, 5.74) is 5.91. The number of hydrogen-bond acceptors (Lipinski definition) is 6. The van der Waals surface area contributed by atoms with Crippen LogP contribution in [0.5, 0.6) is 0 Å². The zero-order chi connectivity index (χ0) is 15.8. The molecule has 1 heterocycles. The fraction of sp³-hybridized carbons (Fsp3) is 0.643. The smallest absolute Gasteiger partial charge is 0.307 e. The summed E-state index contributed by atoms with van der Waals surface area (Å²) in [7, 11) is 1.34. The molecule has 1 amide bonds. The summed E-state index contributed by atoms with van der Waals surface area (Å²) < 4.78 is 4.62. The molecule has 22 heavy (non-hydrogen) atoms. The quantitative estimate of drug-likeness (QED) is 0.722. The van der Waals surface area contributed by atoms with Crippen LogP contribution in [0.25, 0.3) is 0 Å². The van der Waals surface area contributed by atoms with Gasteiger partial charge in [0.05, 0.1) is 18.5 Å². The molecule has 0 aliphatic carbocycles. The Bertz CT molecular complexity index is 480. The summed E-state index contributed by atoms with van der Waals surface area (Å²) in [6.45, 7) is 5.49. The van der Waals surface area contributed by atoms with E-state index >= 15 is 0 Å². The summed E-state index contributed by atoms with van der Waals surface area (Å²) >= 11 is 1.44. The van der Waals surface area contributed by atoms with Crippen molar-refractivity contribution in [3.63, 3.8) is 0 Å². The van der Waals surface area contributed by atoms with Crippen molar-refractivity contribution in [2.24, 2.45) is 11.7 Å². The lowest BCUT2D eigenvalue weighted by molar-refractivity contribution is -0.140. The van der Waals surface area contributed by atoms with Crippen LogP contribution in [-0.2, 0) is 16.0 Å². The minimum absolute atomic E-state index is 0. The molecule has 0 saturated heterocycles. The largest absolute Gasteiger partial charge is 0.469 e. The fourth-order valence-corrected chi connectivity index (χ4v) is 2.64. The molecule has 0 fully saturated rings. The highest BCUT2D eigenvalue weighted by Gasteiger charge is 2.20. The zero-order valence-corrected chi connectivity index (χ0v) is 14.8. The van der Waals surface area contributed by atoms with Gasteiger partial charge in [-0.1, -0.05) is 13.8 Å². The molecular formula is C14H24ClN3O3S. The molecular weight excluding hydrogens is 326 g/mol. The second-order valence-corrected chi connectivity index (χ2v) is 6.08. The number of nitrogens with two attached hydrogens (primary N) is 1. The number of amides is 1. The Morgan fingerprint density at radius 3 is 2.68 bits per heavy atom. The molecule has 1 aromatic heterocycles. The standard InChI is InChI=1S/C14H23N3O3S.ClH/c1-10(2)8-17(7-5-13(18)20-3)14(19)11-9-21-12(16-11)4-6-15;/h9-10H,4-8,15H2,1-3H3;1H. The Labute approximate surface area is 141 Å². The van der Waals surface area contributed by atoms with Crippen molar-refractivity contribution < 1.29 is 14.3 Å². The highest BCUT2D eigenvalue weighted by molar-refractivity contribution is 7.09. The first kappa shape index (κ1) is 20.8. The number of methoxy groups -OCH3 is 1. The van der Waals surface area contributed by atoms with Gasteiger partial charge in [-0.05, 0) is 12.5 Å². The van der Waals surface area contributed by atoms with Crippen LogP contribution in [0.2, 0.25) is 0 Å². The Balaban J connectivity index is 0.00000441. The van der Waals surface area contributed by atoms with E-state index in [-0.39, 0.29) is 30.7 Å². The van der Waals surface area contributed by atoms with E-state index in [1.807, 2.05) is 13.8 Å². The molecule has 1 rings (SSSR count). The number of carbonyl (C=O) groups is 2. The number of hydrogen-bond donors (Lipinski definition) is 1. The SMILES string of the molecule is COC(=O)CCN(CC(C)C)C(=O)c1csc(CCN)n1.Cl. The van der Waals surface area contributed by atoms with Crippen LogP contribution in [0.3, 0.4) is 0 Å². The van der Waals surface area contributed by atoms with E-state index in [9.17, 15) is 9.59 Å². The average Bonchev–Trinajstić information content (AvgIpc) is 2.90. The molecule has 8 heteroatoms. The molecule has 2 N–H and O–H groups in total. The molecule has 0 aliphatic rings. The van der Waals surface area contributed by atoms with Crippen molar-refractivity contribution in [2.45, 2.75) is 26.7 Å². The number of aromatic nitrogens is 1. The van der Waals surface area contributed by atoms with Crippen molar-refractivity contribution in [2.75, 3.05) is 26.7 Å². The normalized spacial score (nSPS) is 10.2. The van der Waals surface area contributed by atoms with Gasteiger partial charge in [0.1, 0.15) is 5.69 Å². The summed E-state index contributed by atoms with van der Waals surface area (Å²) in [6.07, 6.45) is 0.860. The molecule has 0 aliphatic heterocycles. The van der Waals surface area contributed by atoms with Crippen molar-refractivity contribution >= 4 is 35.6 Å². The van der Waals surface area contributed by atoms with Crippen LogP contribution in [0.15, 0.2) is 5.38 Å². The Morgan fingerprint density at radius 1 is 1.45 bits per heavy atom. The van der Waals surface area contributed by atoms with Crippen LogP contribution in [-0.4, -0.2) is 48.5 Å². The highest BCUT2D eigenvalue weighted by atomic mass is 35.5. The lowest BCUT2D eigenvalue weighted by Crippen LogP contribution is -2.36. The van der Waals surface area contributed by atoms with Gasteiger partial charge in [-0.2, -0.15) is 0 Å². The molecule has 126 valence electrons. The first-order valence-electron chi connectivity index (χ1n) is 6.98. The Kier molecular flexibility index (Phi) is 9.97.